The van der Waals surface area contributed by atoms with Gasteiger partial charge in [0.25, 0.3) is 0 Å². The van der Waals surface area contributed by atoms with E-state index in [0.717, 1.165) is 0 Å². The van der Waals surface area contributed by atoms with Gasteiger partial charge in [0.15, 0.2) is 5.76 Å². The number of thioether (sulfide) groups is 1. The molecule has 0 aromatic carbocycles. The van der Waals surface area contributed by atoms with E-state index in [2.05, 4.69) is 8.83 Å². The first-order valence-corrected chi connectivity index (χ1v) is 3.61. The molecule has 0 atom stereocenters. The highest BCUT2D eigenvalue weighted by molar-refractivity contribution is 7.98. The number of aryl methyl sites for hydroxylation is 1. The summed E-state index contributed by atoms with van der Waals surface area (Å²) in [5.41, 5.74) is 0. The van der Waals surface area contributed by atoms with Crippen LogP contribution in [0.25, 0.3) is 0 Å². The highest BCUT2D eigenvalue weighted by Crippen LogP contribution is 2.16. The molecule has 0 bridgehead atoms. The second-order valence-corrected chi connectivity index (χ2v) is 2.28. The van der Waals surface area contributed by atoms with Gasteiger partial charge in [0, 0.05) is 0 Å². The molecule has 0 aliphatic rings. The molecule has 0 N–H and O–H groups in total. The lowest BCUT2D eigenvalue weighted by atomic mass is 10.6. The van der Waals surface area contributed by atoms with E-state index >= 15 is 0 Å². The predicted molar refractivity (Wildman–Crippen MR) is 33.8 cm³/mol. The lowest BCUT2D eigenvalue weighted by Crippen LogP contribution is -1.84. The van der Waals surface area contributed by atoms with Crippen molar-refractivity contribution in [3.8, 4) is 0 Å². The first-order chi connectivity index (χ1) is 4.24. The Bertz CT molecular complexity index is 247. The summed E-state index contributed by atoms with van der Waals surface area (Å²) in [6.45, 7) is 1.69. The lowest BCUT2D eigenvalue weighted by molar-refractivity contribution is 0.356. The van der Waals surface area contributed by atoms with Crippen LogP contribution >= 0.6 is 11.8 Å². The van der Waals surface area contributed by atoms with Crippen LogP contribution in [0.3, 0.4) is 0 Å². The fourth-order valence-corrected chi connectivity index (χ4v) is 1.00. The first-order valence-electron chi connectivity index (χ1n) is 2.38. The minimum atomic E-state index is -0.628. The number of rotatable bonds is 1. The summed E-state index contributed by atoms with van der Waals surface area (Å²) in [5, 5.41) is 0.556. The maximum absolute atomic E-state index is 10.3. The average molecular weight is 146 g/mol. The fraction of sp³-hybridized carbons (Fsp3) is 0.400. The maximum Gasteiger partial charge on any atom is 0.519 e. The van der Waals surface area contributed by atoms with Crippen molar-refractivity contribution in [3.63, 3.8) is 0 Å². The second-order valence-electron chi connectivity index (χ2n) is 1.50. The molecule has 0 radical (unpaired) electrons. The maximum atomic E-state index is 10.3. The third kappa shape index (κ3) is 1.18. The molecular weight excluding hydrogens is 140 g/mol. The van der Waals surface area contributed by atoms with Crippen LogP contribution in [0.4, 0.5) is 0 Å². The molecule has 0 unspecified atom stereocenters. The average Bonchev–Trinajstić information content (AvgIpc) is 2.10. The van der Waals surface area contributed by atoms with Gasteiger partial charge in [-0.2, -0.15) is 0 Å². The van der Waals surface area contributed by atoms with Crippen molar-refractivity contribution in [2.24, 2.45) is 0 Å². The zero-order valence-electron chi connectivity index (χ0n) is 5.13. The van der Waals surface area contributed by atoms with Crippen LogP contribution in [0.1, 0.15) is 5.76 Å². The van der Waals surface area contributed by atoms with Crippen molar-refractivity contribution in [2.75, 3.05) is 6.26 Å². The van der Waals surface area contributed by atoms with E-state index in [1.165, 1.54) is 11.8 Å². The smallest absolute Gasteiger partial charge is 0.395 e. The Balaban J connectivity index is 3.16. The third-order valence-electron chi connectivity index (χ3n) is 0.885. The minimum absolute atomic E-state index is 0.549. The molecular formula is C5H6O3S. The van der Waals surface area contributed by atoms with Gasteiger partial charge >= 0.3 is 5.82 Å². The minimum Gasteiger partial charge on any atom is -0.395 e. The van der Waals surface area contributed by atoms with Crippen LogP contribution < -0.4 is 5.82 Å². The van der Waals surface area contributed by atoms with Gasteiger partial charge in [-0.3, -0.25) is 0 Å². The van der Waals surface area contributed by atoms with Crippen LogP contribution in [0.15, 0.2) is 18.7 Å². The van der Waals surface area contributed by atoms with Crippen LogP contribution in [0.2, 0.25) is 0 Å². The van der Waals surface area contributed by atoms with Crippen molar-refractivity contribution in [1.82, 2.24) is 0 Å². The van der Waals surface area contributed by atoms with E-state index in [1.807, 2.05) is 6.26 Å². The van der Waals surface area contributed by atoms with Gasteiger partial charge < -0.3 is 8.83 Å². The molecule has 0 aliphatic carbocycles. The Morgan fingerprint density at radius 3 is 2.33 bits per heavy atom. The van der Waals surface area contributed by atoms with Gasteiger partial charge in [-0.05, 0) is 13.2 Å². The van der Waals surface area contributed by atoms with E-state index in [1.54, 1.807) is 6.92 Å². The molecule has 50 valence electrons. The van der Waals surface area contributed by atoms with E-state index in [9.17, 15) is 4.79 Å². The Kier molecular flexibility index (Phi) is 1.66. The molecule has 0 amide bonds. The number of hydrogen-bond donors (Lipinski definition) is 0. The molecule has 0 spiro atoms. The van der Waals surface area contributed by atoms with E-state index < -0.39 is 5.82 Å². The van der Waals surface area contributed by atoms with E-state index in [0.29, 0.717) is 10.9 Å². The molecule has 0 fully saturated rings. The normalized spacial score (nSPS) is 10.0. The van der Waals surface area contributed by atoms with Crippen molar-refractivity contribution in [2.45, 2.75) is 12.0 Å². The standard InChI is InChI=1S/C5H6O3S/c1-3-4(9-2)8-5(6)7-3/h1-2H3. The molecule has 1 aromatic rings. The molecule has 3 nitrogen and oxygen atoms in total. The van der Waals surface area contributed by atoms with Crippen molar-refractivity contribution in [1.29, 1.82) is 0 Å². The predicted octanol–water partition coefficient (Wildman–Crippen LogP) is 1.26. The zero-order chi connectivity index (χ0) is 6.85. The quantitative estimate of drug-likeness (QED) is 0.559. The van der Waals surface area contributed by atoms with Gasteiger partial charge in [0.05, 0.1) is 0 Å². The summed E-state index contributed by atoms with van der Waals surface area (Å²) in [6, 6.07) is 0. The lowest BCUT2D eigenvalue weighted by Gasteiger charge is -1.81. The first kappa shape index (κ1) is 6.48. The molecule has 9 heavy (non-hydrogen) atoms. The molecule has 0 saturated heterocycles. The highest BCUT2D eigenvalue weighted by Gasteiger charge is 2.04. The summed E-state index contributed by atoms with van der Waals surface area (Å²) in [4.78, 5) is 10.3. The van der Waals surface area contributed by atoms with Crippen LogP contribution in [-0.2, 0) is 0 Å². The van der Waals surface area contributed by atoms with Gasteiger partial charge in [0.1, 0.15) is 0 Å². The van der Waals surface area contributed by atoms with Crippen molar-refractivity contribution >= 4 is 11.8 Å². The second kappa shape index (κ2) is 2.31. The summed E-state index contributed by atoms with van der Waals surface area (Å²) < 4.78 is 9.17. The molecule has 1 heterocycles. The van der Waals surface area contributed by atoms with Crippen LogP contribution in [0.5, 0.6) is 0 Å². The highest BCUT2D eigenvalue weighted by atomic mass is 32.2. The Morgan fingerprint density at radius 2 is 2.11 bits per heavy atom. The summed E-state index contributed by atoms with van der Waals surface area (Å²) in [6.07, 6.45) is 1.82. The monoisotopic (exact) mass is 146 g/mol. The van der Waals surface area contributed by atoms with E-state index in [-0.39, 0.29) is 0 Å². The van der Waals surface area contributed by atoms with E-state index in [4.69, 9.17) is 0 Å². The molecule has 1 aromatic heterocycles. The Hall–Kier alpha value is -0.640. The zero-order valence-corrected chi connectivity index (χ0v) is 5.95. The van der Waals surface area contributed by atoms with Crippen LogP contribution in [-0.4, -0.2) is 6.26 Å². The van der Waals surface area contributed by atoms with Crippen LogP contribution in [0, 0.1) is 6.92 Å². The SMILES string of the molecule is CSc1oc(=O)oc1C. The third-order valence-corrected chi connectivity index (χ3v) is 1.63. The summed E-state index contributed by atoms with van der Waals surface area (Å²) in [5.74, 6) is -0.0793. The fourth-order valence-electron chi connectivity index (χ4n) is 0.520. The summed E-state index contributed by atoms with van der Waals surface area (Å²) in [7, 11) is 0. The molecule has 1 rings (SSSR count). The van der Waals surface area contributed by atoms with Gasteiger partial charge in [-0.15, -0.1) is 0 Å². The molecule has 0 aliphatic heterocycles. The van der Waals surface area contributed by atoms with Gasteiger partial charge in [-0.1, -0.05) is 11.8 Å². The van der Waals surface area contributed by atoms with Crippen molar-refractivity contribution < 1.29 is 8.83 Å². The molecule has 4 heteroatoms. The summed E-state index contributed by atoms with van der Waals surface area (Å²) >= 11 is 1.36. The van der Waals surface area contributed by atoms with Gasteiger partial charge in [-0.25, -0.2) is 4.79 Å². The Morgan fingerprint density at radius 1 is 1.44 bits per heavy atom. The number of hydrogen-bond acceptors (Lipinski definition) is 4. The molecule has 0 saturated carbocycles. The topological polar surface area (TPSA) is 43.4 Å². The van der Waals surface area contributed by atoms with Crippen molar-refractivity contribution in [3.05, 3.63) is 16.4 Å². The van der Waals surface area contributed by atoms with Gasteiger partial charge in [0.2, 0.25) is 5.09 Å². The largest absolute Gasteiger partial charge is 0.519 e. The Labute approximate surface area is 56.0 Å².